The van der Waals surface area contributed by atoms with E-state index in [0.29, 0.717) is 5.39 Å². The van der Waals surface area contributed by atoms with E-state index in [4.69, 9.17) is 5.73 Å². The first-order valence-electron chi connectivity index (χ1n) is 5.33. The number of nitrogen functional groups attached to an aromatic ring is 1. The quantitative estimate of drug-likeness (QED) is 0.592. The van der Waals surface area contributed by atoms with E-state index in [-0.39, 0.29) is 11.2 Å². The van der Waals surface area contributed by atoms with Crippen molar-refractivity contribution in [2.75, 3.05) is 5.73 Å². The number of benzene rings is 2. The molecule has 0 radical (unpaired) electrons. The van der Waals surface area contributed by atoms with Gasteiger partial charge in [-0.25, -0.2) is 4.68 Å². The first-order valence-corrected chi connectivity index (χ1v) is 5.33. The van der Waals surface area contributed by atoms with Crippen LogP contribution in [0.5, 0.6) is 0 Å². The van der Waals surface area contributed by atoms with Gasteiger partial charge in [0.05, 0.1) is 0 Å². The topological polar surface area (TPSA) is 60.9 Å². The number of rotatable bonds is 0. The van der Waals surface area contributed by atoms with E-state index in [1.165, 1.54) is 4.68 Å². The zero-order valence-electron chi connectivity index (χ0n) is 9.34. The van der Waals surface area contributed by atoms with Crippen LogP contribution in [0.3, 0.4) is 0 Å². The smallest absolute Gasteiger partial charge is 0.290 e. The summed E-state index contributed by atoms with van der Waals surface area (Å²) in [6, 6.07) is 11.7. The van der Waals surface area contributed by atoms with Crippen molar-refractivity contribution in [2.24, 2.45) is 7.05 Å². The molecule has 1 aromatic heterocycles. The maximum Gasteiger partial charge on any atom is 0.290 e. The summed E-state index contributed by atoms with van der Waals surface area (Å²) < 4.78 is 1.28. The van der Waals surface area contributed by atoms with Crippen LogP contribution in [0, 0.1) is 0 Å². The average molecular weight is 225 g/mol. The molecule has 0 spiro atoms. The van der Waals surface area contributed by atoms with Gasteiger partial charge in [0.25, 0.3) is 5.56 Å². The molecule has 17 heavy (non-hydrogen) atoms. The average Bonchev–Trinajstić information content (AvgIpc) is 2.36. The molecular weight excluding hydrogens is 214 g/mol. The fraction of sp³-hybridized carbons (Fsp3) is 0.0769. The van der Waals surface area contributed by atoms with E-state index in [9.17, 15) is 4.79 Å². The molecule has 0 atom stereocenters. The van der Waals surface area contributed by atoms with Crippen molar-refractivity contribution in [3.05, 3.63) is 46.8 Å². The Kier molecular flexibility index (Phi) is 1.92. The van der Waals surface area contributed by atoms with Gasteiger partial charge in [-0.3, -0.25) is 4.79 Å². The normalized spacial score (nSPS) is 11.1. The molecule has 0 aliphatic carbocycles. The summed E-state index contributed by atoms with van der Waals surface area (Å²) in [4.78, 5) is 11.7. The summed E-state index contributed by atoms with van der Waals surface area (Å²) in [5.41, 5.74) is 6.60. The Hall–Kier alpha value is -2.36. The zero-order chi connectivity index (χ0) is 12.0. The first-order chi connectivity index (χ1) is 8.18. The second kappa shape index (κ2) is 3.31. The Balaban J connectivity index is 2.64. The monoisotopic (exact) mass is 225 g/mol. The Morgan fingerprint density at radius 1 is 1.12 bits per heavy atom. The molecule has 0 fully saturated rings. The van der Waals surface area contributed by atoms with Gasteiger partial charge in [0.15, 0.2) is 0 Å². The minimum Gasteiger partial charge on any atom is -0.394 e. The van der Waals surface area contributed by atoms with Crippen LogP contribution in [0.25, 0.3) is 21.7 Å². The van der Waals surface area contributed by atoms with Crippen LogP contribution in [0.4, 0.5) is 5.69 Å². The Labute approximate surface area is 97.3 Å². The van der Waals surface area contributed by atoms with Crippen molar-refractivity contribution in [1.82, 2.24) is 9.78 Å². The Bertz CT molecular complexity index is 790. The molecule has 2 aromatic carbocycles. The van der Waals surface area contributed by atoms with Gasteiger partial charge in [0.2, 0.25) is 0 Å². The lowest BCUT2D eigenvalue weighted by Crippen LogP contribution is -2.22. The second-order valence-corrected chi connectivity index (χ2v) is 4.03. The summed E-state index contributed by atoms with van der Waals surface area (Å²) in [7, 11) is 1.61. The minimum atomic E-state index is -0.257. The number of anilines is 1. The third-order valence-corrected chi connectivity index (χ3v) is 2.97. The maximum absolute atomic E-state index is 11.7. The molecule has 4 nitrogen and oxygen atoms in total. The summed E-state index contributed by atoms with van der Waals surface area (Å²) >= 11 is 0. The molecule has 3 aromatic rings. The minimum absolute atomic E-state index is 0.253. The summed E-state index contributed by atoms with van der Waals surface area (Å²) in [6.07, 6.45) is 0. The molecule has 2 N–H and O–H groups in total. The van der Waals surface area contributed by atoms with Gasteiger partial charge in [-0.15, -0.1) is 0 Å². The van der Waals surface area contributed by atoms with Crippen molar-refractivity contribution >= 4 is 27.4 Å². The van der Waals surface area contributed by atoms with E-state index < -0.39 is 0 Å². The van der Waals surface area contributed by atoms with E-state index in [1.807, 2.05) is 36.4 Å². The fourth-order valence-corrected chi connectivity index (χ4v) is 2.07. The fourth-order valence-electron chi connectivity index (χ4n) is 2.07. The van der Waals surface area contributed by atoms with Crippen molar-refractivity contribution in [3.8, 4) is 0 Å². The highest BCUT2D eigenvalue weighted by Gasteiger charge is 2.08. The summed E-state index contributed by atoms with van der Waals surface area (Å²) in [5, 5.41) is 7.10. The van der Waals surface area contributed by atoms with Crippen molar-refractivity contribution in [1.29, 1.82) is 0 Å². The highest BCUT2D eigenvalue weighted by Crippen LogP contribution is 2.24. The van der Waals surface area contributed by atoms with E-state index in [0.717, 1.165) is 16.3 Å². The highest BCUT2D eigenvalue weighted by molar-refractivity contribution is 6.08. The van der Waals surface area contributed by atoms with Crippen LogP contribution >= 0.6 is 0 Å². The molecular formula is C13H11N3O. The van der Waals surface area contributed by atoms with E-state index >= 15 is 0 Å². The molecule has 0 aliphatic heterocycles. The SMILES string of the molecule is Cn1nc2c(ccc3ccccc32)c(N)c1=O. The van der Waals surface area contributed by atoms with Gasteiger partial charge in [-0.1, -0.05) is 30.3 Å². The lowest BCUT2D eigenvalue weighted by molar-refractivity contribution is 0.730. The third kappa shape index (κ3) is 1.30. The molecule has 0 saturated heterocycles. The molecule has 1 heterocycles. The molecule has 0 amide bonds. The van der Waals surface area contributed by atoms with Gasteiger partial charge in [0, 0.05) is 17.8 Å². The lowest BCUT2D eigenvalue weighted by Gasteiger charge is -2.06. The van der Waals surface area contributed by atoms with Gasteiger partial charge in [-0.2, -0.15) is 5.10 Å². The van der Waals surface area contributed by atoms with Crippen LogP contribution in [0.1, 0.15) is 0 Å². The van der Waals surface area contributed by atoms with Gasteiger partial charge < -0.3 is 5.73 Å². The molecule has 0 unspecified atom stereocenters. The molecule has 0 saturated carbocycles. The number of aryl methyl sites for hydroxylation is 1. The Morgan fingerprint density at radius 2 is 1.88 bits per heavy atom. The molecule has 0 bridgehead atoms. The first kappa shape index (κ1) is 9.84. The highest BCUT2D eigenvalue weighted by atomic mass is 16.1. The van der Waals surface area contributed by atoms with Gasteiger partial charge >= 0.3 is 0 Å². The zero-order valence-corrected chi connectivity index (χ0v) is 9.34. The van der Waals surface area contributed by atoms with Crippen LogP contribution in [-0.2, 0) is 7.05 Å². The van der Waals surface area contributed by atoms with E-state index in [2.05, 4.69) is 5.10 Å². The van der Waals surface area contributed by atoms with Crippen LogP contribution in [0.2, 0.25) is 0 Å². The summed E-state index contributed by atoms with van der Waals surface area (Å²) in [5.74, 6) is 0. The lowest BCUT2D eigenvalue weighted by atomic mass is 10.1. The third-order valence-electron chi connectivity index (χ3n) is 2.97. The van der Waals surface area contributed by atoms with Crippen LogP contribution in [0.15, 0.2) is 41.2 Å². The van der Waals surface area contributed by atoms with Crippen LogP contribution in [-0.4, -0.2) is 9.78 Å². The summed E-state index contributed by atoms with van der Waals surface area (Å²) in [6.45, 7) is 0. The molecule has 84 valence electrons. The number of hydrogen-bond acceptors (Lipinski definition) is 3. The largest absolute Gasteiger partial charge is 0.394 e. The van der Waals surface area contributed by atoms with Crippen molar-refractivity contribution in [3.63, 3.8) is 0 Å². The van der Waals surface area contributed by atoms with Crippen LogP contribution < -0.4 is 11.3 Å². The number of fused-ring (bicyclic) bond motifs is 3. The predicted octanol–water partition coefficient (Wildman–Crippen LogP) is 1.67. The standard InChI is InChI=1S/C13H11N3O/c1-16-13(17)11(14)10-7-6-8-4-2-3-5-9(8)12(10)15-16/h2-7H,14H2,1H3. The van der Waals surface area contributed by atoms with Gasteiger partial charge in [-0.05, 0) is 11.5 Å². The number of nitrogens with zero attached hydrogens (tertiary/aromatic N) is 2. The molecule has 0 aliphatic rings. The Morgan fingerprint density at radius 3 is 2.71 bits per heavy atom. The number of aromatic nitrogens is 2. The second-order valence-electron chi connectivity index (χ2n) is 4.03. The predicted molar refractivity (Wildman–Crippen MR) is 68.9 cm³/mol. The van der Waals surface area contributed by atoms with E-state index in [1.54, 1.807) is 7.05 Å². The molecule has 3 rings (SSSR count). The maximum atomic E-state index is 11.7. The number of hydrogen-bond donors (Lipinski definition) is 1. The van der Waals surface area contributed by atoms with Crippen molar-refractivity contribution < 1.29 is 0 Å². The van der Waals surface area contributed by atoms with Crippen molar-refractivity contribution in [2.45, 2.75) is 0 Å². The van der Waals surface area contributed by atoms with Gasteiger partial charge in [0.1, 0.15) is 11.2 Å². The molecule has 4 heteroatoms. The number of nitrogens with two attached hydrogens (primary N) is 1.